The van der Waals surface area contributed by atoms with Crippen molar-refractivity contribution in [3.05, 3.63) is 29.8 Å². The van der Waals surface area contributed by atoms with E-state index >= 15 is 0 Å². The Labute approximate surface area is 84.5 Å². The van der Waals surface area contributed by atoms with Crippen LogP contribution in [0.5, 0.6) is 5.75 Å². The Kier molecular flexibility index (Phi) is 2.23. The third-order valence-corrected chi connectivity index (χ3v) is 2.54. The van der Waals surface area contributed by atoms with Crippen LogP contribution in [0, 0.1) is 0 Å². The van der Waals surface area contributed by atoms with Gasteiger partial charge < -0.3 is 9.84 Å². The van der Waals surface area contributed by atoms with Gasteiger partial charge in [-0.05, 0) is 26.3 Å². The third kappa shape index (κ3) is 1.90. The first-order chi connectivity index (χ1) is 6.56. The first kappa shape index (κ1) is 9.53. The molecule has 0 spiro atoms. The number of ether oxygens (including phenoxy) is 1. The Morgan fingerprint density at radius 2 is 2.14 bits per heavy atom. The molecule has 2 nitrogen and oxygen atoms in total. The predicted octanol–water partition coefficient (Wildman–Crippen LogP) is 2.32. The van der Waals surface area contributed by atoms with E-state index in [0.717, 1.165) is 12.2 Å². The summed E-state index contributed by atoms with van der Waals surface area (Å²) < 4.78 is 5.55. The van der Waals surface area contributed by atoms with Crippen molar-refractivity contribution in [2.24, 2.45) is 0 Å². The lowest BCUT2D eigenvalue weighted by Gasteiger charge is -2.20. The smallest absolute Gasteiger partial charge is 0.122 e. The van der Waals surface area contributed by atoms with E-state index in [0.29, 0.717) is 12.5 Å². The van der Waals surface area contributed by atoms with Gasteiger partial charge in [0.15, 0.2) is 0 Å². The Morgan fingerprint density at radius 3 is 2.86 bits per heavy atom. The van der Waals surface area contributed by atoms with Gasteiger partial charge >= 0.3 is 0 Å². The number of benzene rings is 1. The van der Waals surface area contributed by atoms with Gasteiger partial charge in [0.25, 0.3) is 0 Å². The van der Waals surface area contributed by atoms with E-state index in [-0.39, 0.29) is 0 Å². The van der Waals surface area contributed by atoms with E-state index < -0.39 is 5.60 Å². The van der Waals surface area contributed by atoms with Gasteiger partial charge in [-0.2, -0.15) is 0 Å². The topological polar surface area (TPSA) is 29.5 Å². The molecule has 2 rings (SSSR count). The lowest BCUT2D eigenvalue weighted by atomic mass is 9.89. The summed E-state index contributed by atoms with van der Waals surface area (Å²) in [5.41, 5.74) is 0.612. The van der Waals surface area contributed by atoms with Gasteiger partial charge in [-0.15, -0.1) is 0 Å². The van der Waals surface area contributed by atoms with E-state index in [1.165, 1.54) is 5.56 Å². The summed E-state index contributed by atoms with van der Waals surface area (Å²) in [6.07, 6.45) is 0.754. The van der Waals surface area contributed by atoms with Crippen LogP contribution in [0.15, 0.2) is 24.3 Å². The van der Waals surface area contributed by atoms with E-state index in [1.54, 1.807) is 0 Å². The SMILES string of the molecule is CC(C)(O)CC1COc2ccccc21. The molecule has 14 heavy (non-hydrogen) atoms. The van der Waals surface area contributed by atoms with Crippen LogP contribution in [-0.2, 0) is 0 Å². The molecule has 0 fully saturated rings. The van der Waals surface area contributed by atoms with E-state index in [2.05, 4.69) is 6.07 Å². The number of rotatable bonds is 2. The first-order valence-corrected chi connectivity index (χ1v) is 5.00. The maximum Gasteiger partial charge on any atom is 0.122 e. The molecule has 1 heterocycles. The minimum Gasteiger partial charge on any atom is -0.493 e. The molecule has 1 aliphatic heterocycles. The second-order valence-corrected chi connectivity index (χ2v) is 4.56. The van der Waals surface area contributed by atoms with Crippen LogP contribution in [0.25, 0.3) is 0 Å². The molecule has 2 heteroatoms. The fraction of sp³-hybridized carbons (Fsp3) is 0.500. The third-order valence-electron chi connectivity index (χ3n) is 2.54. The molecule has 76 valence electrons. The zero-order valence-electron chi connectivity index (χ0n) is 8.66. The van der Waals surface area contributed by atoms with Crippen molar-refractivity contribution >= 4 is 0 Å². The average Bonchev–Trinajstić information content (AvgIpc) is 2.47. The molecule has 1 unspecified atom stereocenters. The van der Waals surface area contributed by atoms with Gasteiger partial charge in [0.1, 0.15) is 5.75 Å². The quantitative estimate of drug-likeness (QED) is 0.779. The van der Waals surface area contributed by atoms with Gasteiger partial charge in [0, 0.05) is 11.5 Å². The van der Waals surface area contributed by atoms with E-state index in [4.69, 9.17) is 4.74 Å². The largest absolute Gasteiger partial charge is 0.493 e. The van der Waals surface area contributed by atoms with Gasteiger partial charge in [-0.25, -0.2) is 0 Å². The van der Waals surface area contributed by atoms with E-state index in [1.807, 2.05) is 32.0 Å². The summed E-state index contributed by atoms with van der Waals surface area (Å²) >= 11 is 0. The van der Waals surface area contributed by atoms with Gasteiger partial charge in [0.2, 0.25) is 0 Å². The zero-order chi connectivity index (χ0) is 10.2. The molecule has 0 aliphatic carbocycles. The number of aliphatic hydroxyl groups is 1. The van der Waals surface area contributed by atoms with Crippen LogP contribution >= 0.6 is 0 Å². The summed E-state index contributed by atoms with van der Waals surface area (Å²) in [6.45, 7) is 4.38. The number of fused-ring (bicyclic) bond motifs is 1. The molecule has 1 aliphatic rings. The molecule has 1 N–H and O–H groups in total. The second-order valence-electron chi connectivity index (χ2n) is 4.56. The average molecular weight is 192 g/mol. The molecule has 1 atom stereocenters. The van der Waals surface area contributed by atoms with Crippen molar-refractivity contribution in [1.29, 1.82) is 0 Å². The van der Waals surface area contributed by atoms with Crippen molar-refractivity contribution in [2.75, 3.05) is 6.61 Å². The van der Waals surface area contributed by atoms with Crippen molar-refractivity contribution in [2.45, 2.75) is 31.8 Å². The lowest BCUT2D eigenvalue weighted by molar-refractivity contribution is 0.0603. The van der Waals surface area contributed by atoms with Crippen LogP contribution in [0.1, 0.15) is 31.7 Å². The Morgan fingerprint density at radius 1 is 1.43 bits per heavy atom. The summed E-state index contributed by atoms with van der Waals surface area (Å²) in [5, 5.41) is 9.75. The maximum atomic E-state index is 9.75. The molecule has 0 radical (unpaired) electrons. The van der Waals surface area contributed by atoms with Crippen LogP contribution < -0.4 is 4.74 Å². The number of hydrogen-bond acceptors (Lipinski definition) is 2. The molecule has 0 bridgehead atoms. The van der Waals surface area contributed by atoms with Crippen LogP contribution in [0.3, 0.4) is 0 Å². The van der Waals surface area contributed by atoms with Crippen molar-refractivity contribution in [1.82, 2.24) is 0 Å². The number of hydrogen-bond donors (Lipinski definition) is 1. The minimum atomic E-state index is -0.620. The fourth-order valence-corrected chi connectivity index (χ4v) is 2.00. The molecule has 0 saturated heterocycles. The van der Waals surface area contributed by atoms with Crippen molar-refractivity contribution < 1.29 is 9.84 Å². The summed E-state index contributed by atoms with van der Waals surface area (Å²) in [6, 6.07) is 8.06. The van der Waals surface area contributed by atoms with Gasteiger partial charge in [-0.3, -0.25) is 0 Å². The van der Waals surface area contributed by atoms with Gasteiger partial charge in [0.05, 0.1) is 12.2 Å². The molecule has 0 saturated carbocycles. The molecular formula is C12H16O2. The van der Waals surface area contributed by atoms with Crippen LogP contribution in [0.2, 0.25) is 0 Å². The Bertz CT molecular complexity index is 325. The van der Waals surface area contributed by atoms with Crippen LogP contribution in [0.4, 0.5) is 0 Å². The lowest BCUT2D eigenvalue weighted by Crippen LogP contribution is -2.22. The highest BCUT2D eigenvalue weighted by molar-refractivity contribution is 5.39. The highest BCUT2D eigenvalue weighted by Crippen LogP contribution is 2.37. The Balaban J connectivity index is 2.18. The van der Waals surface area contributed by atoms with E-state index in [9.17, 15) is 5.11 Å². The second kappa shape index (κ2) is 3.28. The Hall–Kier alpha value is -1.02. The summed E-state index contributed by atoms with van der Waals surface area (Å²) in [7, 11) is 0. The van der Waals surface area contributed by atoms with Gasteiger partial charge in [-0.1, -0.05) is 18.2 Å². The zero-order valence-corrected chi connectivity index (χ0v) is 8.66. The minimum absolute atomic E-state index is 0.339. The highest BCUT2D eigenvalue weighted by Gasteiger charge is 2.28. The molecular weight excluding hydrogens is 176 g/mol. The molecule has 0 aromatic heterocycles. The summed E-state index contributed by atoms with van der Waals surface area (Å²) in [5.74, 6) is 1.31. The fourth-order valence-electron chi connectivity index (χ4n) is 2.00. The molecule has 0 amide bonds. The number of para-hydroxylation sites is 1. The molecule has 1 aromatic carbocycles. The first-order valence-electron chi connectivity index (χ1n) is 5.00. The standard InChI is InChI=1S/C12H16O2/c1-12(2,13)7-9-8-14-11-6-4-3-5-10(9)11/h3-6,9,13H,7-8H2,1-2H3. The summed E-state index contributed by atoms with van der Waals surface area (Å²) in [4.78, 5) is 0. The predicted molar refractivity (Wildman–Crippen MR) is 55.6 cm³/mol. The highest BCUT2D eigenvalue weighted by atomic mass is 16.5. The maximum absolute atomic E-state index is 9.75. The molecule has 1 aromatic rings. The normalized spacial score (nSPS) is 20.4. The van der Waals surface area contributed by atoms with Crippen molar-refractivity contribution in [3.8, 4) is 5.75 Å². The van der Waals surface area contributed by atoms with Crippen LogP contribution in [-0.4, -0.2) is 17.3 Å². The van der Waals surface area contributed by atoms with Crippen molar-refractivity contribution in [3.63, 3.8) is 0 Å². The monoisotopic (exact) mass is 192 g/mol.